The van der Waals surface area contributed by atoms with Gasteiger partial charge in [-0.25, -0.2) is 0 Å². The summed E-state index contributed by atoms with van der Waals surface area (Å²) in [5.41, 5.74) is 2.48. The Hall–Kier alpha value is -1.98. The predicted molar refractivity (Wildman–Crippen MR) is 92.9 cm³/mol. The summed E-state index contributed by atoms with van der Waals surface area (Å²) in [6.45, 7) is 5.41. The Kier molecular flexibility index (Phi) is 6.29. The van der Waals surface area contributed by atoms with E-state index in [0.29, 0.717) is 36.1 Å². The first-order chi connectivity index (χ1) is 11.2. The van der Waals surface area contributed by atoms with Crippen molar-refractivity contribution in [3.8, 4) is 5.75 Å². The third-order valence-electron chi connectivity index (χ3n) is 3.70. The van der Waals surface area contributed by atoms with Crippen molar-refractivity contribution in [2.75, 3.05) is 6.61 Å². The normalized spacial score (nSPS) is 10.4. The number of fused-ring (bicyclic) bond motifs is 1. The maximum Gasteiger partial charge on any atom is 0.203 e. The molecule has 0 saturated heterocycles. The second-order valence-corrected chi connectivity index (χ2v) is 5.55. The molecule has 2 aromatic carbocycles. The fourth-order valence-corrected chi connectivity index (χ4v) is 2.83. The average molecular weight is 408 g/mol. The van der Waals surface area contributed by atoms with Crippen molar-refractivity contribution < 1.29 is 21.7 Å². The summed E-state index contributed by atoms with van der Waals surface area (Å²) in [5, 5.41) is 9.00. The Morgan fingerprint density at radius 1 is 1.04 bits per heavy atom. The van der Waals surface area contributed by atoms with Crippen molar-refractivity contribution in [3.05, 3.63) is 71.8 Å². The Balaban J connectivity index is 0.00000208. The number of rotatable bonds is 6. The Bertz CT molecular complexity index is 901. The molecule has 3 aromatic rings. The molecule has 3 rings (SSSR count). The van der Waals surface area contributed by atoms with Gasteiger partial charge in [0, 0.05) is 6.54 Å². The van der Waals surface area contributed by atoms with E-state index >= 15 is 0 Å². The zero-order valence-corrected chi connectivity index (χ0v) is 15.4. The first-order valence-corrected chi connectivity index (χ1v) is 7.81. The second kappa shape index (κ2) is 8.22. The van der Waals surface area contributed by atoms with Crippen LogP contribution in [0.25, 0.3) is 11.0 Å². The van der Waals surface area contributed by atoms with Crippen molar-refractivity contribution in [2.24, 2.45) is 0 Å². The van der Waals surface area contributed by atoms with Gasteiger partial charge in [0.15, 0.2) is 0 Å². The van der Waals surface area contributed by atoms with Gasteiger partial charge in [-0.15, -0.1) is 6.58 Å². The molecule has 0 spiro atoms. The number of ether oxygens (including phenoxy) is 1. The lowest BCUT2D eigenvalue weighted by Gasteiger charge is -2.09. The molecule has 1 heterocycles. The van der Waals surface area contributed by atoms with Crippen LogP contribution < -0.4 is 27.3 Å². The molecule has 0 amide bonds. The molecule has 24 heavy (non-hydrogen) atoms. The molecule has 0 aliphatic heterocycles. The van der Waals surface area contributed by atoms with Crippen molar-refractivity contribution in [1.29, 1.82) is 5.41 Å². The summed E-state index contributed by atoms with van der Waals surface area (Å²) >= 11 is 6.09. The quantitative estimate of drug-likeness (QED) is 0.605. The molecule has 1 aromatic heterocycles. The summed E-state index contributed by atoms with van der Waals surface area (Å²) in [4.78, 5) is 0. The highest BCUT2D eigenvalue weighted by Crippen LogP contribution is 2.23. The highest BCUT2D eigenvalue weighted by atomic mass is 79.9. The molecule has 126 valence electrons. The van der Waals surface area contributed by atoms with Crippen molar-refractivity contribution in [2.45, 2.75) is 13.1 Å². The zero-order valence-electron chi connectivity index (χ0n) is 13.1. The molecule has 0 atom stereocenters. The maximum atomic E-state index is 8.40. The van der Waals surface area contributed by atoms with E-state index in [1.54, 1.807) is 12.1 Å². The summed E-state index contributed by atoms with van der Waals surface area (Å²) in [6, 6.07) is 15.4. The lowest BCUT2D eigenvalue weighted by molar-refractivity contribution is -0.00000521. The van der Waals surface area contributed by atoms with Crippen LogP contribution in [0.1, 0.15) is 0 Å². The van der Waals surface area contributed by atoms with Crippen LogP contribution in [-0.2, 0) is 13.1 Å². The summed E-state index contributed by atoms with van der Waals surface area (Å²) in [7, 11) is 0. The average Bonchev–Trinajstić information content (AvgIpc) is 2.83. The monoisotopic (exact) mass is 406 g/mol. The molecule has 0 fully saturated rings. The van der Waals surface area contributed by atoms with Crippen LogP contribution in [0.15, 0.2) is 61.2 Å². The van der Waals surface area contributed by atoms with E-state index < -0.39 is 0 Å². The van der Waals surface area contributed by atoms with Crippen molar-refractivity contribution in [1.82, 2.24) is 9.13 Å². The minimum absolute atomic E-state index is 0. The van der Waals surface area contributed by atoms with Gasteiger partial charge in [0.2, 0.25) is 5.62 Å². The molecule has 0 aliphatic rings. The van der Waals surface area contributed by atoms with Crippen LogP contribution in [0.4, 0.5) is 0 Å². The van der Waals surface area contributed by atoms with Crippen LogP contribution in [0.5, 0.6) is 5.75 Å². The highest BCUT2D eigenvalue weighted by molar-refractivity contribution is 6.32. The van der Waals surface area contributed by atoms with Gasteiger partial charge in [-0.2, -0.15) is 0 Å². The summed E-state index contributed by atoms with van der Waals surface area (Å²) in [6.07, 6.45) is 1.80. The number of allylic oxidation sites excluding steroid dienone is 1. The fourth-order valence-electron chi connectivity index (χ4n) is 2.64. The van der Waals surface area contributed by atoms with Crippen LogP contribution in [0, 0.1) is 5.41 Å². The second-order valence-electron chi connectivity index (χ2n) is 5.14. The van der Waals surface area contributed by atoms with Crippen LogP contribution >= 0.6 is 11.6 Å². The fraction of sp³-hybridized carbons (Fsp3) is 0.167. The topological polar surface area (TPSA) is 42.9 Å². The van der Waals surface area contributed by atoms with E-state index in [2.05, 4.69) is 6.58 Å². The molecule has 0 bridgehead atoms. The minimum Gasteiger partial charge on any atom is -1.00 e. The summed E-state index contributed by atoms with van der Waals surface area (Å²) in [5.74, 6) is 0.663. The van der Waals surface area contributed by atoms with E-state index in [4.69, 9.17) is 21.7 Å². The molecule has 0 radical (unpaired) electrons. The van der Waals surface area contributed by atoms with Gasteiger partial charge in [-0.1, -0.05) is 41.9 Å². The van der Waals surface area contributed by atoms with E-state index in [9.17, 15) is 0 Å². The summed E-state index contributed by atoms with van der Waals surface area (Å²) < 4.78 is 9.62. The Morgan fingerprint density at radius 3 is 2.33 bits per heavy atom. The first kappa shape index (κ1) is 18.4. The number of nitrogens with one attached hydrogen (secondary N) is 1. The van der Waals surface area contributed by atoms with E-state index in [0.717, 1.165) is 11.0 Å². The predicted octanol–water partition coefficient (Wildman–Crippen LogP) is 0.845. The Labute approximate surface area is 156 Å². The van der Waals surface area contributed by atoms with Gasteiger partial charge in [-0.3, -0.25) is 5.41 Å². The van der Waals surface area contributed by atoms with Crippen LogP contribution in [0.2, 0.25) is 5.02 Å². The van der Waals surface area contributed by atoms with Crippen molar-refractivity contribution in [3.63, 3.8) is 0 Å². The number of aromatic nitrogens is 2. The molecule has 1 N–H and O–H groups in total. The molecule has 0 saturated carbocycles. The van der Waals surface area contributed by atoms with Gasteiger partial charge in [0.05, 0.1) is 22.6 Å². The standard InChI is InChI=1S/C18H18ClN3O.BrH/c1-2-11-21-15-8-4-5-9-16(15)22(18(21)20)12-13-23-17-10-6-3-7-14(17)19;/h2-10,20H,1,11-13H2;1H/p-1. The molecular formula is C18H18BrClN3O-. The number of halogens is 2. The highest BCUT2D eigenvalue weighted by Gasteiger charge is 2.09. The third-order valence-corrected chi connectivity index (χ3v) is 4.01. The van der Waals surface area contributed by atoms with Crippen LogP contribution in [0.3, 0.4) is 0 Å². The van der Waals surface area contributed by atoms with E-state index in [1.165, 1.54) is 0 Å². The molecule has 6 heteroatoms. The van der Waals surface area contributed by atoms with Crippen molar-refractivity contribution >= 4 is 22.6 Å². The molecule has 0 unspecified atom stereocenters. The number of para-hydroxylation sites is 3. The van der Waals surface area contributed by atoms with Gasteiger partial charge >= 0.3 is 0 Å². The zero-order chi connectivity index (χ0) is 16.2. The molecule has 4 nitrogen and oxygen atoms in total. The Morgan fingerprint density at radius 2 is 1.67 bits per heavy atom. The smallest absolute Gasteiger partial charge is 0.203 e. The van der Waals surface area contributed by atoms with Gasteiger partial charge in [-0.05, 0) is 24.3 Å². The number of benzene rings is 2. The van der Waals surface area contributed by atoms with Crippen LogP contribution in [-0.4, -0.2) is 15.7 Å². The van der Waals surface area contributed by atoms with Gasteiger partial charge < -0.3 is 30.9 Å². The first-order valence-electron chi connectivity index (χ1n) is 7.43. The van der Waals surface area contributed by atoms with E-state index in [1.807, 2.05) is 51.6 Å². The van der Waals surface area contributed by atoms with Gasteiger partial charge in [0.1, 0.15) is 12.4 Å². The lowest BCUT2D eigenvalue weighted by Crippen LogP contribution is -3.00. The van der Waals surface area contributed by atoms with E-state index in [-0.39, 0.29) is 17.0 Å². The molecule has 0 aliphatic carbocycles. The number of imidazole rings is 1. The SMILES string of the molecule is C=CCn1c(=N)n(CCOc2ccccc2Cl)c2ccccc21.[Br-]. The minimum atomic E-state index is 0. The molecular weight excluding hydrogens is 390 g/mol. The lowest BCUT2D eigenvalue weighted by atomic mass is 10.3. The number of nitrogens with zero attached hydrogens (tertiary/aromatic N) is 2. The third kappa shape index (κ3) is 3.57. The number of hydrogen-bond donors (Lipinski definition) is 1. The maximum absolute atomic E-state index is 8.40. The number of hydrogen-bond acceptors (Lipinski definition) is 2. The largest absolute Gasteiger partial charge is 1.00 e. The van der Waals surface area contributed by atoms with Gasteiger partial charge in [0.25, 0.3) is 0 Å².